The number of carbonyl (C=O) groups excluding carboxylic acids is 2. The number of rotatable bonds is 7. The van der Waals surface area contributed by atoms with Crippen molar-refractivity contribution < 1.29 is 14.3 Å². The Morgan fingerprint density at radius 2 is 2.00 bits per heavy atom. The monoisotopic (exact) mass is 366 g/mol. The number of hydrogen-bond donors (Lipinski definition) is 1. The zero-order valence-electron chi connectivity index (χ0n) is 13.8. The van der Waals surface area contributed by atoms with Crippen molar-refractivity contribution in [1.29, 1.82) is 0 Å². The van der Waals surface area contributed by atoms with E-state index in [0.717, 1.165) is 17.4 Å². The molecule has 2 aromatic rings. The second-order valence-corrected chi connectivity index (χ2v) is 7.37. The first-order valence-corrected chi connectivity index (χ1v) is 8.73. The van der Waals surface area contributed by atoms with Gasteiger partial charge >= 0.3 is 0 Å². The van der Waals surface area contributed by atoms with Gasteiger partial charge in [-0.3, -0.25) is 9.59 Å². The predicted molar refractivity (Wildman–Crippen MR) is 95.2 cm³/mol. The van der Waals surface area contributed by atoms with E-state index in [-0.39, 0.29) is 11.7 Å². The Morgan fingerprint density at radius 1 is 1.29 bits per heavy atom. The van der Waals surface area contributed by atoms with Gasteiger partial charge in [0.05, 0.1) is 12.8 Å². The van der Waals surface area contributed by atoms with Crippen LogP contribution < -0.4 is 10.1 Å². The molecule has 1 N–H and O–H groups in total. The molecule has 0 bridgehead atoms. The zero-order chi connectivity index (χ0) is 17.7. The van der Waals surface area contributed by atoms with Gasteiger partial charge in [-0.25, -0.2) is 0 Å². The van der Waals surface area contributed by atoms with E-state index in [2.05, 4.69) is 15.5 Å². The quantitative estimate of drug-likeness (QED) is 0.595. The summed E-state index contributed by atoms with van der Waals surface area (Å²) in [6.45, 7) is 1.40. The number of methoxy groups -OCH3 is 1. The molecule has 0 spiro atoms. The van der Waals surface area contributed by atoms with Crippen molar-refractivity contribution in [2.45, 2.75) is 16.5 Å². The number of hydrogen-bond acceptors (Lipinski definition) is 8. The lowest BCUT2D eigenvalue weighted by Crippen LogP contribution is -2.35. The minimum Gasteiger partial charge on any atom is -0.495 e. The molecule has 1 aromatic heterocycles. The van der Waals surface area contributed by atoms with Gasteiger partial charge in [-0.15, -0.1) is 10.2 Å². The number of carbonyl (C=O) groups is 2. The summed E-state index contributed by atoms with van der Waals surface area (Å²) in [7, 11) is 4.83. The number of thioether (sulfide) groups is 1. The fourth-order valence-electron chi connectivity index (χ4n) is 1.81. The highest BCUT2D eigenvalue weighted by Gasteiger charge is 2.27. The van der Waals surface area contributed by atoms with Crippen LogP contribution in [0.2, 0.25) is 0 Å². The maximum atomic E-state index is 12.1. The van der Waals surface area contributed by atoms with Crippen molar-refractivity contribution in [3.63, 3.8) is 0 Å². The number of benzene rings is 1. The van der Waals surface area contributed by atoms with Crippen molar-refractivity contribution in [2.75, 3.05) is 26.5 Å². The van der Waals surface area contributed by atoms with E-state index >= 15 is 0 Å². The van der Waals surface area contributed by atoms with Gasteiger partial charge in [0, 0.05) is 14.1 Å². The summed E-state index contributed by atoms with van der Waals surface area (Å²) >= 11 is 2.38. The summed E-state index contributed by atoms with van der Waals surface area (Å²) in [6.07, 6.45) is 0. The van der Waals surface area contributed by atoms with Crippen molar-refractivity contribution in [2.24, 2.45) is 0 Å². The van der Waals surface area contributed by atoms with E-state index in [1.54, 1.807) is 21.2 Å². The highest BCUT2D eigenvalue weighted by atomic mass is 32.2. The molecule has 0 saturated heterocycles. The average molecular weight is 366 g/mol. The van der Waals surface area contributed by atoms with Crippen molar-refractivity contribution in [3.8, 4) is 5.75 Å². The molecule has 1 heterocycles. The molecule has 0 aliphatic rings. The van der Waals surface area contributed by atoms with Crippen LogP contribution in [-0.4, -0.2) is 53.2 Å². The molecule has 0 aliphatic carbocycles. The van der Waals surface area contributed by atoms with Crippen molar-refractivity contribution >= 4 is 45.6 Å². The SMILES string of the molecule is COc1ccccc1Nc1nnc(SC(C(C)=O)C(=O)N(C)C)s1. The summed E-state index contributed by atoms with van der Waals surface area (Å²) in [5.41, 5.74) is 0.764. The molecule has 7 nitrogen and oxygen atoms in total. The van der Waals surface area contributed by atoms with Gasteiger partial charge in [-0.2, -0.15) is 0 Å². The lowest BCUT2D eigenvalue weighted by Gasteiger charge is -2.16. The van der Waals surface area contributed by atoms with E-state index in [1.807, 2.05) is 24.3 Å². The highest BCUT2D eigenvalue weighted by molar-refractivity contribution is 8.03. The second kappa shape index (κ2) is 8.11. The molecule has 1 unspecified atom stereocenters. The average Bonchev–Trinajstić information content (AvgIpc) is 2.99. The maximum Gasteiger partial charge on any atom is 0.243 e. The largest absolute Gasteiger partial charge is 0.495 e. The molecule has 1 atom stereocenters. The van der Waals surface area contributed by atoms with Gasteiger partial charge in [-0.05, 0) is 19.1 Å². The first-order valence-electron chi connectivity index (χ1n) is 7.04. The number of aromatic nitrogens is 2. The molecular formula is C15H18N4O3S2. The van der Waals surface area contributed by atoms with Crippen LogP contribution in [0.1, 0.15) is 6.92 Å². The van der Waals surface area contributed by atoms with Crippen LogP contribution in [0.25, 0.3) is 0 Å². The minimum absolute atomic E-state index is 0.215. The standard InChI is InChI=1S/C15H18N4O3S2/c1-9(20)12(13(21)19(2)3)23-15-18-17-14(24-15)16-10-7-5-6-8-11(10)22-4/h5-8,12H,1-4H3,(H,16,17). The van der Waals surface area contributed by atoms with E-state index in [1.165, 1.54) is 23.2 Å². The van der Waals surface area contributed by atoms with E-state index in [4.69, 9.17) is 4.74 Å². The molecule has 128 valence electrons. The molecule has 0 saturated carbocycles. The Hall–Kier alpha value is -2.13. The van der Waals surface area contributed by atoms with E-state index in [9.17, 15) is 9.59 Å². The smallest absolute Gasteiger partial charge is 0.243 e. The van der Waals surface area contributed by atoms with Crippen molar-refractivity contribution in [3.05, 3.63) is 24.3 Å². The summed E-state index contributed by atoms with van der Waals surface area (Å²) in [5, 5.41) is 11.0. The van der Waals surface area contributed by atoms with Gasteiger partial charge in [0.15, 0.2) is 10.1 Å². The third-order valence-electron chi connectivity index (χ3n) is 3.01. The fourth-order valence-corrected chi connectivity index (χ4v) is 3.79. The fraction of sp³-hybridized carbons (Fsp3) is 0.333. The summed E-state index contributed by atoms with van der Waals surface area (Å²) in [4.78, 5) is 25.2. The van der Waals surface area contributed by atoms with Gasteiger partial charge in [0.1, 0.15) is 11.0 Å². The second-order valence-electron chi connectivity index (χ2n) is 5.04. The van der Waals surface area contributed by atoms with E-state index in [0.29, 0.717) is 15.2 Å². The van der Waals surface area contributed by atoms with Gasteiger partial charge < -0.3 is 15.0 Å². The summed E-state index contributed by atoms with van der Waals surface area (Å²) in [5.74, 6) is 0.210. The van der Waals surface area contributed by atoms with E-state index < -0.39 is 5.25 Å². The van der Waals surface area contributed by atoms with Crippen LogP contribution in [0, 0.1) is 0 Å². The number of ether oxygens (including phenoxy) is 1. The third-order valence-corrected chi connectivity index (χ3v) is 5.23. The number of nitrogens with one attached hydrogen (secondary N) is 1. The van der Waals surface area contributed by atoms with Crippen LogP contribution in [0.15, 0.2) is 28.6 Å². The normalized spacial score (nSPS) is 11.7. The summed E-state index contributed by atoms with van der Waals surface area (Å²) in [6, 6.07) is 7.44. The first-order chi connectivity index (χ1) is 11.4. The first kappa shape index (κ1) is 18.2. The van der Waals surface area contributed by atoms with Crippen LogP contribution >= 0.6 is 23.1 Å². The Labute approximate surface area is 148 Å². The minimum atomic E-state index is -0.813. The third kappa shape index (κ3) is 4.45. The maximum absolute atomic E-state index is 12.1. The number of nitrogens with zero attached hydrogens (tertiary/aromatic N) is 3. The molecule has 1 amide bonds. The lowest BCUT2D eigenvalue weighted by atomic mass is 10.3. The Kier molecular flexibility index (Phi) is 6.16. The van der Waals surface area contributed by atoms with Crippen LogP contribution in [-0.2, 0) is 9.59 Å². The van der Waals surface area contributed by atoms with Crippen LogP contribution in [0.5, 0.6) is 5.75 Å². The number of Topliss-reactive ketones (excluding diaryl/α,β-unsaturated/α-hetero) is 1. The molecule has 9 heteroatoms. The molecule has 0 aliphatic heterocycles. The highest BCUT2D eigenvalue weighted by Crippen LogP contribution is 2.33. The number of para-hydroxylation sites is 2. The number of anilines is 2. The lowest BCUT2D eigenvalue weighted by molar-refractivity contribution is -0.132. The molecule has 24 heavy (non-hydrogen) atoms. The molecule has 0 radical (unpaired) electrons. The van der Waals surface area contributed by atoms with Crippen LogP contribution in [0.3, 0.4) is 0 Å². The van der Waals surface area contributed by atoms with Crippen molar-refractivity contribution in [1.82, 2.24) is 15.1 Å². The molecular weight excluding hydrogens is 348 g/mol. The van der Waals surface area contributed by atoms with Gasteiger partial charge in [0.25, 0.3) is 0 Å². The number of amides is 1. The van der Waals surface area contributed by atoms with Gasteiger partial charge in [0.2, 0.25) is 11.0 Å². The Morgan fingerprint density at radius 3 is 2.62 bits per heavy atom. The molecule has 1 aromatic carbocycles. The van der Waals surface area contributed by atoms with Gasteiger partial charge in [-0.1, -0.05) is 35.2 Å². The molecule has 0 fully saturated rings. The van der Waals surface area contributed by atoms with Crippen LogP contribution in [0.4, 0.5) is 10.8 Å². The Bertz CT molecular complexity index is 733. The topological polar surface area (TPSA) is 84.4 Å². The molecule has 2 rings (SSSR count). The number of ketones is 1. The Balaban J connectivity index is 2.12. The predicted octanol–water partition coefficient (Wildman–Crippen LogP) is 2.43. The summed E-state index contributed by atoms with van der Waals surface area (Å²) < 4.78 is 5.82. The zero-order valence-corrected chi connectivity index (χ0v) is 15.4.